The van der Waals surface area contributed by atoms with Gasteiger partial charge >= 0.3 is 0 Å². The fraction of sp³-hybridized carbons (Fsp3) is 0.273. The van der Waals surface area contributed by atoms with Gasteiger partial charge in [-0.25, -0.2) is 4.98 Å². The topological polar surface area (TPSA) is 33.2 Å². The summed E-state index contributed by atoms with van der Waals surface area (Å²) in [6, 6.07) is 17.6. The minimum absolute atomic E-state index is 0.0871. The number of rotatable bonds is 2. The molecule has 1 aliphatic heterocycles. The lowest BCUT2D eigenvalue weighted by molar-refractivity contribution is 0.0637. The number of fused-ring (bicyclic) bond motifs is 1. The Balaban J connectivity index is 1.88. The monoisotopic (exact) mass is 364 g/mol. The minimum Gasteiger partial charge on any atom is -0.336 e. The smallest absolute Gasteiger partial charge is 0.254 e. The summed E-state index contributed by atoms with van der Waals surface area (Å²) in [6.45, 7) is 2.95. The second kappa shape index (κ2) is 7.08. The maximum Gasteiger partial charge on any atom is 0.254 e. The van der Waals surface area contributed by atoms with Gasteiger partial charge in [0.1, 0.15) is 0 Å². The molecule has 1 unspecified atom stereocenters. The van der Waals surface area contributed by atoms with Crippen molar-refractivity contribution in [1.82, 2.24) is 9.88 Å². The van der Waals surface area contributed by atoms with Gasteiger partial charge in [-0.05, 0) is 44.4 Å². The van der Waals surface area contributed by atoms with Gasteiger partial charge in [-0.1, -0.05) is 48.0 Å². The van der Waals surface area contributed by atoms with Crippen molar-refractivity contribution >= 4 is 28.4 Å². The highest BCUT2D eigenvalue weighted by molar-refractivity contribution is 6.33. The Morgan fingerprint density at radius 1 is 1.12 bits per heavy atom. The summed E-state index contributed by atoms with van der Waals surface area (Å²) in [4.78, 5) is 20.1. The molecule has 1 aromatic heterocycles. The Bertz CT molecular complexity index is 969. The molecule has 0 aliphatic carbocycles. The van der Waals surface area contributed by atoms with Crippen molar-refractivity contribution in [2.75, 3.05) is 6.54 Å². The van der Waals surface area contributed by atoms with Gasteiger partial charge in [0.05, 0.1) is 16.8 Å². The molecule has 2 aromatic carbocycles. The lowest BCUT2D eigenvalue weighted by atomic mass is 9.99. The molecular formula is C22H21ClN2O. The predicted octanol–water partition coefficient (Wildman–Crippen LogP) is 5.57. The first-order valence-corrected chi connectivity index (χ1v) is 9.48. The van der Waals surface area contributed by atoms with Crippen LogP contribution in [-0.4, -0.2) is 28.4 Å². The zero-order chi connectivity index (χ0) is 18.1. The number of nitrogens with zero attached hydrogens (tertiary/aromatic N) is 2. The highest BCUT2D eigenvalue weighted by Crippen LogP contribution is 2.31. The summed E-state index contributed by atoms with van der Waals surface area (Å²) >= 11 is 6.38. The van der Waals surface area contributed by atoms with Gasteiger partial charge in [-0.3, -0.25) is 4.79 Å². The van der Waals surface area contributed by atoms with E-state index in [1.807, 2.05) is 59.5 Å². The van der Waals surface area contributed by atoms with Crippen LogP contribution < -0.4 is 0 Å². The predicted molar refractivity (Wildman–Crippen MR) is 107 cm³/mol. The second-order valence-electron chi connectivity index (χ2n) is 6.90. The second-order valence-corrected chi connectivity index (χ2v) is 7.30. The van der Waals surface area contributed by atoms with Crippen LogP contribution in [0.15, 0.2) is 54.6 Å². The summed E-state index contributed by atoms with van der Waals surface area (Å²) in [5, 5.41) is 1.53. The molecule has 4 heteroatoms. The molecule has 1 amide bonds. The molecule has 3 nitrogen and oxygen atoms in total. The average molecular weight is 365 g/mol. The normalized spacial score (nSPS) is 17.5. The van der Waals surface area contributed by atoms with Crippen molar-refractivity contribution < 1.29 is 4.79 Å². The summed E-state index contributed by atoms with van der Waals surface area (Å²) < 4.78 is 0. The fourth-order valence-electron chi connectivity index (χ4n) is 3.71. The number of aromatic nitrogens is 1. The zero-order valence-corrected chi connectivity index (χ0v) is 15.5. The maximum absolute atomic E-state index is 13.4. The summed E-state index contributed by atoms with van der Waals surface area (Å²) in [5.41, 5.74) is 3.11. The van der Waals surface area contributed by atoms with Crippen LogP contribution in [0, 0.1) is 0 Å². The Morgan fingerprint density at radius 2 is 1.88 bits per heavy atom. The van der Waals surface area contributed by atoms with Gasteiger partial charge in [0.2, 0.25) is 0 Å². The molecule has 3 aromatic rings. The van der Waals surface area contributed by atoms with Crippen LogP contribution in [-0.2, 0) is 0 Å². The fourth-order valence-corrected chi connectivity index (χ4v) is 3.95. The van der Waals surface area contributed by atoms with E-state index in [4.69, 9.17) is 16.6 Å². The highest BCUT2D eigenvalue weighted by Gasteiger charge is 2.26. The number of halogens is 1. The molecule has 2 heterocycles. The third-order valence-corrected chi connectivity index (χ3v) is 5.49. The molecule has 1 fully saturated rings. The van der Waals surface area contributed by atoms with Crippen molar-refractivity contribution in [1.29, 1.82) is 0 Å². The Morgan fingerprint density at radius 3 is 2.69 bits per heavy atom. The molecular weight excluding hydrogens is 344 g/mol. The number of hydrogen-bond donors (Lipinski definition) is 0. The molecule has 0 radical (unpaired) electrons. The number of amides is 1. The zero-order valence-electron chi connectivity index (χ0n) is 14.8. The summed E-state index contributed by atoms with van der Waals surface area (Å²) in [5.74, 6) is 0.0871. The van der Waals surface area contributed by atoms with Gasteiger partial charge in [0, 0.05) is 28.6 Å². The third kappa shape index (κ3) is 3.08. The maximum atomic E-state index is 13.4. The number of carbonyl (C=O) groups excluding carboxylic acids is 1. The number of likely N-dealkylation sites (tertiary alicyclic amines) is 1. The van der Waals surface area contributed by atoms with Crippen LogP contribution in [0.25, 0.3) is 22.2 Å². The molecule has 0 saturated carbocycles. The van der Waals surface area contributed by atoms with Crippen molar-refractivity contribution in [3.63, 3.8) is 0 Å². The van der Waals surface area contributed by atoms with Crippen LogP contribution in [0.3, 0.4) is 0 Å². The van der Waals surface area contributed by atoms with Gasteiger partial charge in [0.25, 0.3) is 5.91 Å². The van der Waals surface area contributed by atoms with E-state index in [2.05, 4.69) is 6.92 Å². The van der Waals surface area contributed by atoms with E-state index >= 15 is 0 Å². The first-order valence-electron chi connectivity index (χ1n) is 9.11. The van der Waals surface area contributed by atoms with Crippen LogP contribution >= 0.6 is 11.6 Å². The Hall–Kier alpha value is -2.39. The third-order valence-electron chi connectivity index (χ3n) is 5.16. The molecule has 0 N–H and O–H groups in total. The van der Waals surface area contributed by atoms with Gasteiger partial charge in [-0.2, -0.15) is 0 Å². The number of benzene rings is 2. The molecule has 0 bridgehead atoms. The van der Waals surface area contributed by atoms with Crippen molar-refractivity contribution in [3.8, 4) is 11.3 Å². The van der Waals surface area contributed by atoms with E-state index in [1.54, 1.807) is 0 Å². The minimum atomic E-state index is 0.0871. The highest BCUT2D eigenvalue weighted by atomic mass is 35.5. The van der Waals surface area contributed by atoms with E-state index in [0.29, 0.717) is 10.6 Å². The first kappa shape index (κ1) is 17.0. The number of hydrogen-bond acceptors (Lipinski definition) is 2. The molecule has 1 atom stereocenters. The largest absolute Gasteiger partial charge is 0.336 e. The Labute approximate surface area is 158 Å². The van der Waals surface area contributed by atoms with Crippen LogP contribution in [0.4, 0.5) is 0 Å². The SMILES string of the molecule is CC1CCCCN1C(=O)c1cc(-c2ccccc2Cl)nc2ccccc12. The molecule has 1 saturated heterocycles. The average Bonchev–Trinajstić information content (AvgIpc) is 2.67. The number of para-hydroxylation sites is 1. The van der Waals surface area contributed by atoms with Crippen molar-refractivity contribution in [2.24, 2.45) is 0 Å². The number of piperidine rings is 1. The summed E-state index contributed by atoms with van der Waals surface area (Å²) in [7, 11) is 0. The number of carbonyl (C=O) groups is 1. The van der Waals surface area contributed by atoms with Gasteiger partial charge in [0.15, 0.2) is 0 Å². The van der Waals surface area contributed by atoms with E-state index in [0.717, 1.165) is 41.5 Å². The lowest BCUT2D eigenvalue weighted by Gasteiger charge is -2.33. The molecule has 0 spiro atoms. The first-order chi connectivity index (χ1) is 12.6. The van der Waals surface area contributed by atoms with E-state index in [-0.39, 0.29) is 11.9 Å². The van der Waals surface area contributed by atoms with Gasteiger partial charge < -0.3 is 4.90 Å². The van der Waals surface area contributed by atoms with Crippen molar-refractivity contribution in [3.05, 3.63) is 65.2 Å². The van der Waals surface area contributed by atoms with Crippen LogP contribution in [0.5, 0.6) is 0 Å². The quantitative estimate of drug-likeness (QED) is 0.595. The standard InChI is InChI=1S/C22H21ClN2O/c1-15-8-6-7-13-25(15)22(26)18-14-21(17-10-2-4-11-19(17)23)24-20-12-5-3-9-16(18)20/h2-5,9-12,14-15H,6-8,13H2,1H3. The van der Waals surface area contributed by atoms with Crippen LogP contribution in [0.2, 0.25) is 5.02 Å². The van der Waals surface area contributed by atoms with E-state index in [1.165, 1.54) is 6.42 Å². The van der Waals surface area contributed by atoms with Gasteiger partial charge in [-0.15, -0.1) is 0 Å². The molecule has 4 rings (SSSR count). The van der Waals surface area contributed by atoms with Crippen molar-refractivity contribution in [2.45, 2.75) is 32.2 Å². The van der Waals surface area contributed by atoms with E-state index < -0.39 is 0 Å². The molecule has 132 valence electrons. The van der Waals surface area contributed by atoms with E-state index in [9.17, 15) is 4.79 Å². The summed E-state index contributed by atoms with van der Waals surface area (Å²) in [6.07, 6.45) is 3.31. The lowest BCUT2D eigenvalue weighted by Crippen LogP contribution is -2.42. The molecule has 26 heavy (non-hydrogen) atoms. The van der Waals surface area contributed by atoms with Crippen LogP contribution in [0.1, 0.15) is 36.5 Å². The number of pyridine rings is 1. The Kier molecular flexibility index (Phi) is 4.64. The molecule has 1 aliphatic rings.